The molecule has 0 unspecified atom stereocenters. The first-order valence-electron chi connectivity index (χ1n) is 18.4. The van der Waals surface area contributed by atoms with Crippen LogP contribution in [0.4, 0.5) is 0 Å². The summed E-state index contributed by atoms with van der Waals surface area (Å²) < 4.78 is 3.12. The number of hydrogen-bond acceptors (Lipinski definition) is 0. The molecule has 0 saturated carbocycles. The molecule has 62 heavy (non-hydrogen) atoms. The molecule has 226 valence electrons. The number of nitrogens with zero attached hydrogens (tertiary/aromatic N) is 2. The standard InChI is InChI=1S/C36B24N2/c37-7-1(8(38)24(54)35(23(7)53)61-31-3(10(40)15(45)19(49)26(31)56)4-11(41)16(46)20(50)27(57)32(4)61)2-9(39)25(55)36-29(14(2)44)59-60-30-22(52)18(48)13(43)6-5-12(42)17(47)21(51)28(58)33(5)62(36)34(6)30. The van der Waals surface area contributed by atoms with E-state index in [9.17, 15) is 0 Å². The molecule has 0 N–H and O–H groups in total. The maximum absolute atomic E-state index is 7.13. The molecule has 0 fully saturated rings. The molecular formula is C36B24N2. The highest BCUT2D eigenvalue weighted by atomic mass is 15.0. The van der Waals surface area contributed by atoms with E-state index in [0.29, 0.717) is 27.2 Å². The van der Waals surface area contributed by atoms with Crippen molar-refractivity contribution in [3.05, 3.63) is 0 Å². The van der Waals surface area contributed by atoms with Crippen LogP contribution in [0.15, 0.2) is 0 Å². The lowest BCUT2D eigenvalue weighted by molar-refractivity contribution is 1.22. The van der Waals surface area contributed by atoms with Crippen LogP contribution in [0.1, 0.15) is 0 Å². The van der Waals surface area contributed by atoms with Crippen molar-refractivity contribution < 1.29 is 0 Å². The largest absolute Gasteiger partial charge is 0.312 e. The van der Waals surface area contributed by atoms with E-state index in [1.54, 1.807) is 18.9 Å². The summed E-state index contributed by atoms with van der Waals surface area (Å²) in [5.41, 5.74) is 1.54. The molecular weight excluding hydrogens is 720 g/mol. The number of rotatable bonds is 2. The molecule has 46 radical (unpaired) electrons. The Hall–Kier alpha value is -3.52. The molecule has 1 aliphatic rings. The third kappa shape index (κ3) is 5.28. The first kappa shape index (κ1) is 43.7. The van der Waals surface area contributed by atoms with Crippen LogP contribution in [0.25, 0.3) is 66.1 Å². The Kier molecular flexibility index (Phi) is 10.2. The second-order valence-electron chi connectivity index (χ2n) is 15.3. The van der Waals surface area contributed by atoms with Gasteiger partial charge in [-0.15, -0.1) is 43.7 Å². The topological polar surface area (TPSA) is 9.86 Å². The van der Waals surface area contributed by atoms with Gasteiger partial charge in [0.25, 0.3) is 0 Å². The van der Waals surface area contributed by atoms with Gasteiger partial charge in [-0.1, -0.05) is 87.4 Å². The Bertz CT molecular complexity index is 3390. The zero-order valence-electron chi connectivity index (χ0n) is 32.8. The fraction of sp³-hybridized carbons (Fsp3) is 0. The summed E-state index contributed by atoms with van der Waals surface area (Å²) in [6, 6.07) is 0. The number of aromatic nitrogens is 2. The molecule has 0 amide bonds. The molecule has 2 aromatic heterocycles. The van der Waals surface area contributed by atoms with E-state index >= 15 is 0 Å². The molecule has 9 rings (SSSR count). The fourth-order valence-corrected chi connectivity index (χ4v) is 9.02. The normalized spacial score (nSPS) is 12.3. The fourth-order valence-electron chi connectivity index (χ4n) is 9.02. The number of hydrogen-bond donors (Lipinski definition) is 0. The van der Waals surface area contributed by atoms with Gasteiger partial charge in [-0.05, 0) is 32.7 Å². The first-order valence-corrected chi connectivity index (χ1v) is 18.4. The van der Waals surface area contributed by atoms with E-state index in [1.807, 2.05) is 0 Å². The molecule has 26 heteroatoms. The van der Waals surface area contributed by atoms with Crippen LogP contribution in [-0.2, 0) is 0 Å². The Labute approximate surface area is 390 Å². The Morgan fingerprint density at radius 2 is 0.484 bits per heavy atom. The maximum Gasteiger partial charge on any atom is 0.115 e. The highest BCUT2D eigenvalue weighted by molar-refractivity contribution is 7.16. The minimum atomic E-state index is -0.157. The summed E-state index contributed by atoms with van der Waals surface area (Å²) in [4.78, 5) is 0. The zero-order valence-corrected chi connectivity index (χ0v) is 32.8. The third-order valence-electron chi connectivity index (χ3n) is 12.3. The average Bonchev–Trinajstić information content (AvgIpc) is 3.72. The van der Waals surface area contributed by atoms with Crippen molar-refractivity contribution in [2.75, 3.05) is 0 Å². The van der Waals surface area contributed by atoms with Crippen molar-refractivity contribution in [3.8, 4) is 22.5 Å². The molecule has 0 saturated heterocycles. The average molecular weight is 720 g/mol. The van der Waals surface area contributed by atoms with E-state index in [2.05, 4.69) is 0 Å². The zero-order chi connectivity index (χ0) is 45.4. The first-order chi connectivity index (χ1) is 29.0. The smallest absolute Gasteiger partial charge is 0.115 e. The molecule has 3 heterocycles. The Morgan fingerprint density at radius 1 is 0.210 bits per heavy atom. The molecule has 1 aliphatic heterocycles. The van der Waals surface area contributed by atoms with E-state index in [4.69, 9.17) is 173 Å². The molecule has 0 atom stereocenters. The lowest BCUT2D eigenvalue weighted by Gasteiger charge is -2.30. The maximum atomic E-state index is 7.13. The van der Waals surface area contributed by atoms with Gasteiger partial charge in [0, 0.05) is 33.4 Å². The second-order valence-corrected chi connectivity index (χ2v) is 15.3. The van der Waals surface area contributed by atoms with Gasteiger partial charge >= 0.3 is 0 Å². The SMILES string of the molecule is [B]c1c([B])c(-n2c3c([B])c([B])c([B])c([B])c3c3c([B])c([B])c([B])c([B])c32)c([B])c([B])c1-c1c([B])c([B])c2c(c1[B])[B][B]c1c([B])c([B])c([B])c3c4c([B])c([B])c([B])c([B])c4n-2c13. The summed E-state index contributed by atoms with van der Waals surface area (Å²) in [6.07, 6.45) is 0. The van der Waals surface area contributed by atoms with Gasteiger partial charge in [0.1, 0.15) is 187 Å². The van der Waals surface area contributed by atoms with E-state index in [0.717, 1.165) is 0 Å². The summed E-state index contributed by atoms with van der Waals surface area (Å²) in [5.74, 6) is 0. The van der Waals surface area contributed by atoms with E-state index in [1.165, 1.54) is 4.57 Å². The molecule has 2 nitrogen and oxygen atoms in total. The molecule has 6 aromatic carbocycles. The van der Waals surface area contributed by atoms with Crippen LogP contribution in [0, 0.1) is 0 Å². The summed E-state index contributed by atoms with van der Waals surface area (Å²) >= 11 is 0. The van der Waals surface area contributed by atoms with Crippen LogP contribution in [-0.4, -0.2) is 196 Å². The summed E-state index contributed by atoms with van der Waals surface area (Å²) in [5, 5.41) is 1.17. The van der Waals surface area contributed by atoms with Crippen LogP contribution >= 0.6 is 0 Å². The highest BCUT2D eigenvalue weighted by Crippen LogP contribution is 2.28. The highest BCUT2D eigenvalue weighted by Gasteiger charge is 2.32. The van der Waals surface area contributed by atoms with Gasteiger partial charge in [-0.3, -0.25) is 0 Å². The van der Waals surface area contributed by atoms with Crippen LogP contribution in [0.2, 0.25) is 0 Å². The number of fused-ring (bicyclic) bond motifs is 8. The Morgan fingerprint density at radius 3 is 0.871 bits per heavy atom. The lowest BCUT2D eigenvalue weighted by atomic mass is 9.31. The Balaban J connectivity index is 1.40. The van der Waals surface area contributed by atoms with Gasteiger partial charge in [0.15, 0.2) is 0 Å². The quantitative estimate of drug-likeness (QED) is 0.157. The molecule has 0 aliphatic carbocycles. The minimum Gasteiger partial charge on any atom is -0.312 e. The van der Waals surface area contributed by atoms with Crippen molar-refractivity contribution in [3.63, 3.8) is 0 Å². The van der Waals surface area contributed by atoms with Gasteiger partial charge in [0.2, 0.25) is 0 Å². The molecule has 0 bridgehead atoms. The number of benzene rings is 6. The third-order valence-corrected chi connectivity index (χ3v) is 12.3. The van der Waals surface area contributed by atoms with Crippen molar-refractivity contribution in [1.29, 1.82) is 0 Å². The van der Waals surface area contributed by atoms with Crippen molar-refractivity contribution in [1.82, 2.24) is 9.13 Å². The van der Waals surface area contributed by atoms with Crippen molar-refractivity contribution in [2.24, 2.45) is 0 Å². The van der Waals surface area contributed by atoms with Crippen LogP contribution < -0.4 is 131 Å². The van der Waals surface area contributed by atoms with Gasteiger partial charge in [-0.2, -0.15) is 0 Å². The predicted octanol–water partition coefficient (Wildman–Crippen LogP) is -19.4. The summed E-state index contributed by atoms with van der Waals surface area (Å²) in [7, 11) is 150. The van der Waals surface area contributed by atoms with Gasteiger partial charge in [0.05, 0.1) is 0 Å². The molecule has 8 aromatic rings. The van der Waals surface area contributed by atoms with Crippen LogP contribution in [0.3, 0.4) is 0 Å². The molecule has 0 spiro atoms. The van der Waals surface area contributed by atoms with Crippen molar-refractivity contribution >= 4 is 362 Å². The lowest BCUT2D eigenvalue weighted by Crippen LogP contribution is -2.54. The predicted molar refractivity (Wildman–Crippen MR) is 290 cm³/mol. The van der Waals surface area contributed by atoms with Crippen LogP contribution in [0.5, 0.6) is 0 Å². The summed E-state index contributed by atoms with van der Waals surface area (Å²) in [6.45, 7) is 0. The van der Waals surface area contributed by atoms with Gasteiger partial charge < -0.3 is 9.13 Å². The van der Waals surface area contributed by atoms with E-state index < -0.39 is 0 Å². The minimum absolute atomic E-state index is 0.00560. The monoisotopic (exact) mass is 724 g/mol. The second kappa shape index (κ2) is 14.5. The van der Waals surface area contributed by atoms with Gasteiger partial charge in [-0.25, -0.2) is 0 Å². The van der Waals surface area contributed by atoms with Crippen molar-refractivity contribution in [2.45, 2.75) is 0 Å². The van der Waals surface area contributed by atoms with E-state index in [-0.39, 0.29) is 170 Å².